The molecule has 1 aromatic carbocycles. The van der Waals surface area contributed by atoms with Crippen LogP contribution in [0.5, 0.6) is 0 Å². The summed E-state index contributed by atoms with van der Waals surface area (Å²) in [7, 11) is -4.05. The number of primary sulfonamides is 1. The number of alkyl halides is 3. The summed E-state index contributed by atoms with van der Waals surface area (Å²) in [4.78, 5) is 12.4. The third-order valence-electron chi connectivity index (χ3n) is 3.19. The van der Waals surface area contributed by atoms with Crippen molar-refractivity contribution >= 4 is 37.5 Å². The van der Waals surface area contributed by atoms with Crippen molar-refractivity contribution in [3.63, 3.8) is 0 Å². The molecule has 1 saturated heterocycles. The van der Waals surface area contributed by atoms with Gasteiger partial charge in [0.15, 0.2) is 0 Å². The molecule has 2 rings (SSSR count). The largest absolute Gasteiger partial charge is 0.417 e. The third kappa shape index (κ3) is 3.25. The van der Waals surface area contributed by atoms with E-state index in [2.05, 4.69) is 15.9 Å². The second-order valence-corrected chi connectivity index (χ2v) is 7.40. The van der Waals surface area contributed by atoms with Gasteiger partial charge in [0.1, 0.15) is 11.1 Å². The number of hydrogen-bond acceptors (Lipinski definition) is 3. The van der Waals surface area contributed by atoms with Gasteiger partial charge < -0.3 is 4.90 Å². The summed E-state index contributed by atoms with van der Waals surface area (Å²) in [6, 6.07) is 1.04. The average Bonchev–Trinajstić information content (AvgIpc) is 2.69. The molecule has 122 valence electrons. The first-order chi connectivity index (χ1) is 9.91. The molecular weight excluding hydrogens is 396 g/mol. The highest BCUT2D eigenvalue weighted by Gasteiger charge is 2.40. The molecule has 1 fully saturated rings. The summed E-state index contributed by atoms with van der Waals surface area (Å²) >= 11 is 2.61. The molecule has 1 aliphatic rings. The lowest BCUT2D eigenvalue weighted by Crippen LogP contribution is -2.32. The highest BCUT2D eigenvalue weighted by atomic mass is 79.9. The van der Waals surface area contributed by atoms with Gasteiger partial charge in [0.25, 0.3) is 0 Å². The van der Waals surface area contributed by atoms with Crippen LogP contribution in [0.4, 0.5) is 23.2 Å². The normalized spacial score (nSPS) is 19.8. The standard InChI is InChI=1S/C11H9BrF4N2O3S/c12-7-3-8(13)9(2-6(7)11(14,15)16)18-4-5(1-10(18)19)22(17,20)21/h2-3,5H,1,4H2,(H2,17,20,21). The molecule has 1 atom stereocenters. The number of rotatable bonds is 2. The Labute approximate surface area is 131 Å². The zero-order chi connectivity index (χ0) is 16.9. The topological polar surface area (TPSA) is 80.5 Å². The molecule has 2 N–H and O–H groups in total. The zero-order valence-electron chi connectivity index (χ0n) is 10.7. The summed E-state index contributed by atoms with van der Waals surface area (Å²) in [6.45, 7) is -0.493. The van der Waals surface area contributed by atoms with Crippen LogP contribution in [0.3, 0.4) is 0 Å². The highest BCUT2D eigenvalue weighted by molar-refractivity contribution is 9.10. The molecule has 0 aromatic heterocycles. The summed E-state index contributed by atoms with van der Waals surface area (Å²) in [6.07, 6.45) is -5.26. The number of benzene rings is 1. The minimum Gasteiger partial charge on any atom is -0.308 e. The van der Waals surface area contributed by atoms with Crippen LogP contribution in [0.1, 0.15) is 12.0 Å². The van der Waals surface area contributed by atoms with Crippen molar-refractivity contribution in [3.8, 4) is 0 Å². The predicted octanol–water partition coefficient (Wildman–Crippen LogP) is 2.00. The van der Waals surface area contributed by atoms with Crippen LogP contribution in [0.2, 0.25) is 0 Å². The van der Waals surface area contributed by atoms with Gasteiger partial charge in [-0.05, 0) is 12.1 Å². The van der Waals surface area contributed by atoms with E-state index in [1.807, 2.05) is 0 Å². The van der Waals surface area contributed by atoms with E-state index in [0.29, 0.717) is 17.0 Å². The number of amides is 1. The van der Waals surface area contributed by atoms with E-state index in [9.17, 15) is 30.8 Å². The zero-order valence-corrected chi connectivity index (χ0v) is 13.1. The number of halogens is 5. The average molecular weight is 405 g/mol. The monoisotopic (exact) mass is 404 g/mol. The van der Waals surface area contributed by atoms with Crippen LogP contribution in [-0.4, -0.2) is 26.1 Å². The van der Waals surface area contributed by atoms with Crippen molar-refractivity contribution in [2.24, 2.45) is 5.14 Å². The number of nitrogens with two attached hydrogens (primary N) is 1. The molecule has 22 heavy (non-hydrogen) atoms. The molecule has 0 spiro atoms. The number of carbonyl (C=O) groups is 1. The smallest absolute Gasteiger partial charge is 0.308 e. The van der Waals surface area contributed by atoms with Gasteiger partial charge in [-0.1, -0.05) is 15.9 Å². The van der Waals surface area contributed by atoms with Crippen molar-refractivity contribution in [3.05, 3.63) is 28.0 Å². The quantitative estimate of drug-likeness (QED) is 0.765. The van der Waals surface area contributed by atoms with Gasteiger partial charge >= 0.3 is 6.18 Å². The van der Waals surface area contributed by atoms with Gasteiger partial charge in [0.2, 0.25) is 15.9 Å². The molecule has 1 aromatic rings. The molecule has 0 bridgehead atoms. The Bertz CT molecular complexity index is 736. The van der Waals surface area contributed by atoms with E-state index in [0.717, 1.165) is 0 Å². The molecule has 0 radical (unpaired) electrons. The fraction of sp³-hybridized carbons (Fsp3) is 0.364. The van der Waals surface area contributed by atoms with Crippen molar-refractivity contribution < 1.29 is 30.8 Å². The van der Waals surface area contributed by atoms with Crippen LogP contribution in [0.25, 0.3) is 0 Å². The minimum absolute atomic E-state index is 0.461. The van der Waals surface area contributed by atoms with Crippen molar-refractivity contribution in [2.45, 2.75) is 17.8 Å². The number of carbonyl (C=O) groups excluding carboxylic acids is 1. The summed E-state index contributed by atoms with van der Waals surface area (Å²) in [5.74, 6) is -1.89. The molecule has 1 aliphatic heterocycles. The van der Waals surface area contributed by atoms with Crippen LogP contribution in [0, 0.1) is 5.82 Å². The second kappa shape index (κ2) is 5.46. The van der Waals surface area contributed by atoms with Gasteiger partial charge in [0, 0.05) is 17.4 Å². The Morgan fingerprint density at radius 3 is 2.36 bits per heavy atom. The van der Waals surface area contributed by atoms with Crippen LogP contribution >= 0.6 is 15.9 Å². The van der Waals surface area contributed by atoms with E-state index in [1.54, 1.807) is 0 Å². The third-order valence-corrected chi connectivity index (χ3v) is 5.09. The first-order valence-electron chi connectivity index (χ1n) is 5.79. The number of sulfonamides is 1. The Morgan fingerprint density at radius 1 is 1.32 bits per heavy atom. The molecule has 1 heterocycles. The Hall–Kier alpha value is -1.20. The summed E-state index contributed by atoms with van der Waals surface area (Å²) < 4.78 is 74.4. The summed E-state index contributed by atoms with van der Waals surface area (Å²) in [5.41, 5.74) is -1.80. The number of nitrogens with zero attached hydrogens (tertiary/aromatic N) is 1. The Balaban J connectivity index is 2.48. The fourth-order valence-electron chi connectivity index (χ4n) is 2.09. The lowest BCUT2D eigenvalue weighted by molar-refractivity contribution is -0.138. The Kier molecular flexibility index (Phi) is 4.26. The second-order valence-electron chi connectivity index (χ2n) is 4.70. The van der Waals surface area contributed by atoms with Crippen molar-refractivity contribution in [1.29, 1.82) is 0 Å². The number of anilines is 1. The summed E-state index contributed by atoms with van der Waals surface area (Å²) in [5, 5.41) is 3.64. The SMILES string of the molecule is NS(=O)(=O)C1CC(=O)N(c2cc(C(F)(F)F)c(Br)cc2F)C1. The lowest BCUT2D eigenvalue weighted by Gasteiger charge is -2.19. The predicted molar refractivity (Wildman–Crippen MR) is 73.0 cm³/mol. The molecule has 0 saturated carbocycles. The lowest BCUT2D eigenvalue weighted by atomic mass is 10.1. The molecule has 5 nitrogen and oxygen atoms in total. The number of hydrogen-bond donors (Lipinski definition) is 1. The van der Waals surface area contributed by atoms with Gasteiger partial charge in [-0.25, -0.2) is 17.9 Å². The van der Waals surface area contributed by atoms with Crippen LogP contribution < -0.4 is 10.0 Å². The molecule has 1 amide bonds. The van der Waals surface area contributed by atoms with Crippen LogP contribution in [0.15, 0.2) is 16.6 Å². The van der Waals surface area contributed by atoms with Gasteiger partial charge in [-0.2, -0.15) is 13.2 Å². The highest BCUT2D eigenvalue weighted by Crippen LogP contribution is 2.39. The maximum absolute atomic E-state index is 13.9. The van der Waals surface area contributed by atoms with E-state index in [-0.39, 0.29) is 0 Å². The van der Waals surface area contributed by atoms with Gasteiger partial charge in [-0.3, -0.25) is 4.79 Å². The maximum Gasteiger partial charge on any atom is 0.417 e. The van der Waals surface area contributed by atoms with Gasteiger partial charge in [-0.15, -0.1) is 0 Å². The maximum atomic E-state index is 13.9. The Morgan fingerprint density at radius 2 is 1.91 bits per heavy atom. The van der Waals surface area contributed by atoms with E-state index in [4.69, 9.17) is 5.14 Å². The molecule has 11 heteroatoms. The van der Waals surface area contributed by atoms with Crippen molar-refractivity contribution in [1.82, 2.24) is 0 Å². The first kappa shape index (κ1) is 17.2. The molecule has 0 aliphatic carbocycles. The van der Waals surface area contributed by atoms with Gasteiger partial charge in [0.05, 0.1) is 11.3 Å². The van der Waals surface area contributed by atoms with Crippen LogP contribution in [-0.2, 0) is 21.0 Å². The first-order valence-corrected chi connectivity index (χ1v) is 8.19. The molecular formula is C11H9BrF4N2O3S. The van der Waals surface area contributed by atoms with Crippen molar-refractivity contribution in [2.75, 3.05) is 11.4 Å². The van der Waals surface area contributed by atoms with E-state index >= 15 is 0 Å². The fourth-order valence-corrected chi connectivity index (χ4v) is 3.36. The van der Waals surface area contributed by atoms with E-state index < -0.39 is 61.9 Å². The minimum atomic E-state index is -4.76. The molecule has 1 unspecified atom stereocenters. The van der Waals surface area contributed by atoms with E-state index in [1.165, 1.54) is 0 Å².